The average molecular weight is 419 g/mol. The average Bonchev–Trinajstić information content (AvgIpc) is 2.66. The second kappa shape index (κ2) is 9.05. The van der Waals surface area contributed by atoms with E-state index >= 15 is 0 Å². The van der Waals surface area contributed by atoms with Gasteiger partial charge in [-0.3, -0.25) is 9.69 Å². The molecule has 136 valence electrons. The molecule has 0 aliphatic carbocycles. The van der Waals surface area contributed by atoms with Crippen LogP contribution in [0, 0.1) is 0 Å². The Labute approximate surface area is 160 Å². The number of hydrogen-bond acceptors (Lipinski definition) is 4. The minimum Gasteiger partial charge on any atom is -0.496 e. The highest BCUT2D eigenvalue weighted by atomic mass is 79.9. The van der Waals surface area contributed by atoms with Crippen LogP contribution in [0.25, 0.3) is 6.08 Å². The molecule has 0 aromatic heterocycles. The summed E-state index contributed by atoms with van der Waals surface area (Å²) in [7, 11) is 4.50. The van der Waals surface area contributed by atoms with Crippen LogP contribution in [0.2, 0.25) is 0 Å². The number of carbonyl (C=O) groups is 2. The number of methoxy groups -OCH3 is 2. The summed E-state index contributed by atoms with van der Waals surface area (Å²) in [5, 5.41) is 2.76. The van der Waals surface area contributed by atoms with E-state index in [9.17, 15) is 9.59 Å². The molecule has 0 unspecified atom stereocenters. The molecule has 0 heterocycles. The highest BCUT2D eigenvalue weighted by Crippen LogP contribution is 2.24. The third-order valence-corrected chi connectivity index (χ3v) is 4.07. The van der Waals surface area contributed by atoms with Gasteiger partial charge in [0.25, 0.3) is 0 Å². The quantitative estimate of drug-likeness (QED) is 0.734. The minimum absolute atomic E-state index is 0.277. The highest BCUT2D eigenvalue weighted by Gasteiger charge is 2.10. The standard InChI is InChI=1S/C19H19BrN2O4/c1-22(19(24)26-3)16-8-6-15(7-9-16)21-18(23)11-4-13-12-14(20)5-10-17(13)25-2/h4-12H,1-3H3,(H,21,23)/b11-4+. The van der Waals surface area contributed by atoms with Gasteiger partial charge in [0.1, 0.15) is 5.75 Å². The van der Waals surface area contributed by atoms with Crippen molar-refractivity contribution in [1.82, 2.24) is 0 Å². The van der Waals surface area contributed by atoms with Gasteiger partial charge in [-0.15, -0.1) is 0 Å². The highest BCUT2D eigenvalue weighted by molar-refractivity contribution is 9.10. The van der Waals surface area contributed by atoms with E-state index < -0.39 is 6.09 Å². The first-order chi connectivity index (χ1) is 12.4. The second-order valence-electron chi connectivity index (χ2n) is 5.28. The zero-order chi connectivity index (χ0) is 19.1. The molecule has 0 bridgehead atoms. The minimum atomic E-state index is -0.465. The molecule has 0 fully saturated rings. The Balaban J connectivity index is 2.04. The molecule has 1 N–H and O–H groups in total. The van der Waals surface area contributed by atoms with E-state index in [1.54, 1.807) is 44.5 Å². The predicted octanol–water partition coefficient (Wildman–Crippen LogP) is 4.31. The molecule has 0 radical (unpaired) electrons. The molecule has 0 aliphatic rings. The maximum absolute atomic E-state index is 12.1. The van der Waals surface area contributed by atoms with E-state index in [1.165, 1.54) is 18.1 Å². The summed E-state index contributed by atoms with van der Waals surface area (Å²) in [4.78, 5) is 25.0. The molecule has 26 heavy (non-hydrogen) atoms. The molecule has 2 amide bonds. The molecular weight excluding hydrogens is 400 g/mol. The number of hydrogen-bond donors (Lipinski definition) is 1. The normalized spacial score (nSPS) is 10.5. The van der Waals surface area contributed by atoms with E-state index in [-0.39, 0.29) is 5.91 Å². The summed E-state index contributed by atoms with van der Waals surface area (Å²) in [6, 6.07) is 12.4. The number of amides is 2. The molecule has 0 saturated carbocycles. The summed E-state index contributed by atoms with van der Waals surface area (Å²) in [6.07, 6.45) is 2.64. The van der Waals surface area contributed by atoms with E-state index in [2.05, 4.69) is 26.0 Å². The van der Waals surface area contributed by atoms with Crippen LogP contribution in [0.4, 0.5) is 16.2 Å². The number of ether oxygens (including phenoxy) is 2. The van der Waals surface area contributed by atoms with Gasteiger partial charge in [-0.05, 0) is 48.5 Å². The summed E-state index contributed by atoms with van der Waals surface area (Å²) in [5.74, 6) is 0.397. The molecule has 0 atom stereocenters. The topological polar surface area (TPSA) is 67.9 Å². The number of nitrogens with zero attached hydrogens (tertiary/aromatic N) is 1. The lowest BCUT2D eigenvalue weighted by atomic mass is 10.2. The van der Waals surface area contributed by atoms with Crippen LogP contribution < -0.4 is 15.0 Å². The van der Waals surface area contributed by atoms with Crippen LogP contribution >= 0.6 is 15.9 Å². The monoisotopic (exact) mass is 418 g/mol. The molecule has 0 spiro atoms. The van der Waals surface area contributed by atoms with Crippen LogP contribution in [0.3, 0.4) is 0 Å². The number of rotatable bonds is 5. The van der Waals surface area contributed by atoms with Gasteiger partial charge in [-0.25, -0.2) is 4.79 Å². The van der Waals surface area contributed by atoms with Crippen LogP contribution in [0.5, 0.6) is 5.75 Å². The van der Waals surface area contributed by atoms with E-state index in [4.69, 9.17) is 4.74 Å². The number of carbonyl (C=O) groups excluding carboxylic acids is 2. The number of halogens is 1. The van der Waals surface area contributed by atoms with Crippen LogP contribution in [0.1, 0.15) is 5.56 Å². The summed E-state index contributed by atoms with van der Waals surface area (Å²) in [5.41, 5.74) is 2.05. The number of benzene rings is 2. The first kappa shape index (κ1) is 19.5. The van der Waals surface area contributed by atoms with E-state index in [1.807, 2.05) is 18.2 Å². The number of nitrogens with one attached hydrogen (secondary N) is 1. The molecular formula is C19H19BrN2O4. The summed E-state index contributed by atoms with van der Waals surface area (Å²) < 4.78 is 10.8. The fourth-order valence-electron chi connectivity index (χ4n) is 2.20. The van der Waals surface area contributed by atoms with Crippen molar-refractivity contribution in [2.75, 3.05) is 31.5 Å². The Bertz CT molecular complexity index is 819. The molecule has 7 heteroatoms. The van der Waals surface area contributed by atoms with Crippen molar-refractivity contribution in [2.45, 2.75) is 0 Å². The predicted molar refractivity (Wildman–Crippen MR) is 106 cm³/mol. The Kier molecular flexibility index (Phi) is 6.80. The van der Waals surface area contributed by atoms with Gasteiger partial charge in [0.2, 0.25) is 5.91 Å². The zero-order valence-corrected chi connectivity index (χ0v) is 16.2. The van der Waals surface area contributed by atoms with Gasteiger partial charge in [-0.1, -0.05) is 15.9 Å². The van der Waals surface area contributed by atoms with Crippen molar-refractivity contribution in [2.24, 2.45) is 0 Å². The fourth-order valence-corrected chi connectivity index (χ4v) is 2.57. The molecule has 2 aromatic rings. The Hall–Kier alpha value is -2.80. The molecule has 0 saturated heterocycles. The molecule has 6 nitrogen and oxygen atoms in total. The lowest BCUT2D eigenvalue weighted by Gasteiger charge is -2.15. The third-order valence-electron chi connectivity index (χ3n) is 3.58. The summed E-state index contributed by atoms with van der Waals surface area (Å²) >= 11 is 3.39. The van der Waals surface area contributed by atoms with Gasteiger partial charge in [0, 0.05) is 34.5 Å². The van der Waals surface area contributed by atoms with E-state index in [0.29, 0.717) is 17.1 Å². The van der Waals surface area contributed by atoms with E-state index in [0.717, 1.165) is 10.0 Å². The van der Waals surface area contributed by atoms with Crippen molar-refractivity contribution in [3.05, 3.63) is 58.6 Å². The molecule has 2 aromatic carbocycles. The lowest BCUT2D eigenvalue weighted by molar-refractivity contribution is -0.111. The second-order valence-corrected chi connectivity index (χ2v) is 6.20. The molecule has 2 rings (SSSR count). The Morgan fingerprint density at radius 2 is 1.81 bits per heavy atom. The van der Waals surface area contributed by atoms with Crippen LogP contribution in [0.15, 0.2) is 53.0 Å². The smallest absolute Gasteiger partial charge is 0.413 e. The van der Waals surface area contributed by atoms with Crippen molar-refractivity contribution >= 4 is 45.4 Å². The van der Waals surface area contributed by atoms with Crippen molar-refractivity contribution < 1.29 is 19.1 Å². The van der Waals surface area contributed by atoms with Crippen molar-refractivity contribution in [1.29, 1.82) is 0 Å². The SMILES string of the molecule is COC(=O)N(C)c1ccc(NC(=O)/C=C/c2cc(Br)ccc2OC)cc1. The van der Waals surface area contributed by atoms with Gasteiger partial charge >= 0.3 is 6.09 Å². The Morgan fingerprint density at radius 3 is 2.42 bits per heavy atom. The molecule has 0 aliphatic heterocycles. The largest absolute Gasteiger partial charge is 0.496 e. The van der Waals surface area contributed by atoms with Gasteiger partial charge in [-0.2, -0.15) is 0 Å². The number of anilines is 2. The lowest BCUT2D eigenvalue weighted by Crippen LogP contribution is -2.25. The Morgan fingerprint density at radius 1 is 1.12 bits per heavy atom. The van der Waals surface area contributed by atoms with Crippen LogP contribution in [-0.2, 0) is 9.53 Å². The zero-order valence-electron chi connectivity index (χ0n) is 14.7. The third kappa shape index (κ3) is 5.10. The maximum Gasteiger partial charge on any atom is 0.413 e. The van der Waals surface area contributed by atoms with Crippen molar-refractivity contribution in [3.63, 3.8) is 0 Å². The first-order valence-corrected chi connectivity index (χ1v) is 8.48. The van der Waals surface area contributed by atoms with Gasteiger partial charge < -0.3 is 14.8 Å². The van der Waals surface area contributed by atoms with Gasteiger partial charge in [0.15, 0.2) is 0 Å². The maximum atomic E-state index is 12.1. The van der Waals surface area contributed by atoms with Gasteiger partial charge in [0.05, 0.1) is 14.2 Å². The summed E-state index contributed by atoms with van der Waals surface area (Å²) in [6.45, 7) is 0. The van der Waals surface area contributed by atoms with Crippen LogP contribution in [-0.4, -0.2) is 33.3 Å². The van der Waals surface area contributed by atoms with Crippen molar-refractivity contribution in [3.8, 4) is 5.75 Å². The first-order valence-electron chi connectivity index (χ1n) is 7.69. The fraction of sp³-hybridized carbons (Fsp3) is 0.158.